The maximum atomic E-state index is 11.5. The average Bonchev–Trinajstić information content (AvgIpc) is 2.86. The van der Waals surface area contributed by atoms with E-state index in [2.05, 4.69) is 5.10 Å². The highest BCUT2D eigenvalue weighted by Crippen LogP contribution is 2.22. The normalized spacial score (nSPS) is 11.7. The number of aromatic nitrogens is 2. The monoisotopic (exact) mass is 278 g/mol. The Balaban J connectivity index is 2.14. The number of aryl methyl sites for hydroxylation is 2. The molecule has 1 aromatic carbocycles. The second-order valence-corrected chi connectivity index (χ2v) is 7.02. The summed E-state index contributed by atoms with van der Waals surface area (Å²) in [6, 6.07) is 8.08. The highest BCUT2D eigenvalue weighted by molar-refractivity contribution is 7.91. The first kappa shape index (κ1) is 13.8. The van der Waals surface area contributed by atoms with Crippen molar-refractivity contribution in [3.8, 4) is 11.1 Å². The van der Waals surface area contributed by atoms with Gasteiger partial charge in [0, 0.05) is 17.5 Å². The highest BCUT2D eigenvalue weighted by Gasteiger charge is 2.09. The Morgan fingerprint density at radius 3 is 2.68 bits per heavy atom. The second kappa shape index (κ2) is 5.57. The summed E-state index contributed by atoms with van der Waals surface area (Å²) < 4.78 is 24.6. The summed E-state index contributed by atoms with van der Waals surface area (Å²) in [6.07, 6.45) is 3.68. The zero-order valence-electron chi connectivity index (χ0n) is 11.2. The second-order valence-electron chi connectivity index (χ2n) is 4.54. The van der Waals surface area contributed by atoms with Crippen LogP contribution in [0.3, 0.4) is 0 Å². The molecule has 0 saturated heterocycles. The van der Waals surface area contributed by atoms with Crippen molar-refractivity contribution < 1.29 is 8.42 Å². The maximum Gasteiger partial charge on any atom is 0.151 e. The molecule has 0 unspecified atom stereocenters. The van der Waals surface area contributed by atoms with Gasteiger partial charge in [-0.15, -0.1) is 0 Å². The van der Waals surface area contributed by atoms with Crippen molar-refractivity contribution in [1.29, 1.82) is 0 Å². The van der Waals surface area contributed by atoms with Crippen molar-refractivity contribution >= 4 is 9.84 Å². The van der Waals surface area contributed by atoms with Crippen molar-refractivity contribution in [1.82, 2.24) is 9.78 Å². The quantitative estimate of drug-likeness (QED) is 0.843. The lowest BCUT2D eigenvalue weighted by atomic mass is 10.0. The first-order valence-electron chi connectivity index (χ1n) is 6.31. The van der Waals surface area contributed by atoms with E-state index in [9.17, 15) is 8.42 Å². The van der Waals surface area contributed by atoms with Crippen molar-refractivity contribution in [2.24, 2.45) is 0 Å². The molecule has 0 amide bonds. The van der Waals surface area contributed by atoms with Crippen LogP contribution < -0.4 is 0 Å². The molecular weight excluding hydrogens is 260 g/mol. The summed E-state index contributed by atoms with van der Waals surface area (Å²) in [5.74, 6) is 0.317. The molecule has 0 saturated carbocycles. The van der Waals surface area contributed by atoms with Crippen LogP contribution in [0.15, 0.2) is 36.7 Å². The molecule has 2 aromatic rings. The van der Waals surface area contributed by atoms with Crippen molar-refractivity contribution in [3.05, 3.63) is 42.2 Å². The van der Waals surface area contributed by atoms with Crippen molar-refractivity contribution in [3.63, 3.8) is 0 Å². The molecule has 0 N–H and O–H groups in total. The van der Waals surface area contributed by atoms with Gasteiger partial charge in [-0.05, 0) is 18.1 Å². The summed E-state index contributed by atoms with van der Waals surface area (Å²) in [5, 5.41) is 4.22. The summed E-state index contributed by atoms with van der Waals surface area (Å²) >= 11 is 0. The van der Waals surface area contributed by atoms with Gasteiger partial charge in [-0.1, -0.05) is 31.2 Å². The smallest absolute Gasteiger partial charge is 0.151 e. The lowest BCUT2D eigenvalue weighted by Crippen LogP contribution is -2.14. The molecule has 0 aliphatic rings. The molecule has 1 aromatic heterocycles. The van der Waals surface area contributed by atoms with Crippen LogP contribution in [-0.4, -0.2) is 29.7 Å². The molecular formula is C14H18N2O2S. The SMILES string of the molecule is CCS(=O)(=O)CCn1cc(-c2ccccc2C)cn1. The molecule has 0 atom stereocenters. The molecule has 0 aliphatic carbocycles. The zero-order chi connectivity index (χ0) is 13.9. The van der Waals surface area contributed by atoms with E-state index in [1.54, 1.807) is 17.8 Å². The molecule has 0 bridgehead atoms. The van der Waals surface area contributed by atoms with Gasteiger partial charge in [0.2, 0.25) is 0 Å². The Bertz CT molecular complexity index is 660. The molecule has 0 fully saturated rings. The molecule has 19 heavy (non-hydrogen) atoms. The van der Waals surface area contributed by atoms with Crippen LogP contribution >= 0.6 is 0 Å². The van der Waals surface area contributed by atoms with Crippen LogP contribution in [0.25, 0.3) is 11.1 Å². The number of sulfone groups is 1. The molecule has 5 heteroatoms. The van der Waals surface area contributed by atoms with E-state index in [0.29, 0.717) is 6.54 Å². The fourth-order valence-electron chi connectivity index (χ4n) is 1.90. The van der Waals surface area contributed by atoms with Gasteiger partial charge in [0.25, 0.3) is 0 Å². The number of hydrogen-bond donors (Lipinski definition) is 0. The predicted molar refractivity (Wildman–Crippen MR) is 76.7 cm³/mol. The molecule has 102 valence electrons. The van der Waals surface area contributed by atoms with Gasteiger partial charge in [0.15, 0.2) is 9.84 Å². The molecule has 0 spiro atoms. The van der Waals surface area contributed by atoms with Gasteiger partial charge in [-0.25, -0.2) is 8.42 Å². The van der Waals surface area contributed by atoms with Gasteiger partial charge >= 0.3 is 0 Å². The van der Waals surface area contributed by atoms with Crippen molar-refractivity contribution in [2.45, 2.75) is 20.4 Å². The minimum Gasteiger partial charge on any atom is -0.271 e. The number of rotatable bonds is 5. The molecule has 0 radical (unpaired) electrons. The maximum absolute atomic E-state index is 11.5. The fourth-order valence-corrected chi connectivity index (χ4v) is 2.65. The fraction of sp³-hybridized carbons (Fsp3) is 0.357. The third-order valence-corrected chi connectivity index (χ3v) is 4.84. The highest BCUT2D eigenvalue weighted by atomic mass is 32.2. The van der Waals surface area contributed by atoms with E-state index in [-0.39, 0.29) is 11.5 Å². The third kappa shape index (κ3) is 3.44. The van der Waals surface area contributed by atoms with Gasteiger partial charge in [0.1, 0.15) is 0 Å². The van der Waals surface area contributed by atoms with E-state index in [1.807, 2.05) is 37.4 Å². The van der Waals surface area contributed by atoms with Crippen LogP contribution in [0.5, 0.6) is 0 Å². The average molecular weight is 278 g/mol. The van der Waals surface area contributed by atoms with Gasteiger partial charge in [-0.3, -0.25) is 4.68 Å². The third-order valence-electron chi connectivity index (χ3n) is 3.16. The molecule has 1 heterocycles. The van der Waals surface area contributed by atoms with Gasteiger partial charge < -0.3 is 0 Å². The summed E-state index contributed by atoms with van der Waals surface area (Å²) in [4.78, 5) is 0. The molecule has 2 rings (SSSR count). The molecule has 4 nitrogen and oxygen atoms in total. The number of nitrogens with zero attached hydrogens (tertiary/aromatic N) is 2. The number of hydrogen-bond acceptors (Lipinski definition) is 3. The minimum atomic E-state index is -2.94. The van der Waals surface area contributed by atoms with Crippen LogP contribution in [-0.2, 0) is 16.4 Å². The van der Waals surface area contributed by atoms with Crippen LogP contribution in [0.4, 0.5) is 0 Å². The first-order chi connectivity index (χ1) is 9.02. The lowest BCUT2D eigenvalue weighted by Gasteiger charge is -2.02. The first-order valence-corrected chi connectivity index (χ1v) is 8.13. The molecule has 0 aliphatic heterocycles. The number of benzene rings is 1. The van der Waals surface area contributed by atoms with Crippen LogP contribution in [0.2, 0.25) is 0 Å². The van der Waals surface area contributed by atoms with E-state index >= 15 is 0 Å². The zero-order valence-corrected chi connectivity index (χ0v) is 12.0. The Morgan fingerprint density at radius 1 is 1.26 bits per heavy atom. The summed E-state index contributed by atoms with van der Waals surface area (Å²) in [6.45, 7) is 4.12. The van der Waals surface area contributed by atoms with Crippen LogP contribution in [0, 0.1) is 6.92 Å². The Morgan fingerprint density at radius 2 is 2.00 bits per heavy atom. The largest absolute Gasteiger partial charge is 0.271 e. The standard InChI is InChI=1S/C14H18N2O2S/c1-3-19(17,18)9-8-16-11-13(10-15-16)14-7-5-4-6-12(14)2/h4-7,10-11H,3,8-9H2,1-2H3. The Labute approximate surface area is 114 Å². The van der Waals surface area contributed by atoms with Crippen LogP contribution in [0.1, 0.15) is 12.5 Å². The van der Waals surface area contributed by atoms with Gasteiger partial charge in [-0.2, -0.15) is 5.10 Å². The minimum absolute atomic E-state index is 0.137. The van der Waals surface area contributed by atoms with Gasteiger partial charge in [0.05, 0.1) is 18.5 Å². The van der Waals surface area contributed by atoms with Crippen molar-refractivity contribution in [2.75, 3.05) is 11.5 Å². The summed E-state index contributed by atoms with van der Waals surface area (Å²) in [5.41, 5.74) is 3.34. The van der Waals surface area contributed by atoms with E-state index in [0.717, 1.165) is 11.1 Å². The van der Waals surface area contributed by atoms with E-state index < -0.39 is 9.84 Å². The Kier molecular flexibility index (Phi) is 4.04. The van der Waals surface area contributed by atoms with E-state index in [4.69, 9.17) is 0 Å². The Hall–Kier alpha value is -1.62. The predicted octanol–water partition coefficient (Wildman–Crippen LogP) is 2.29. The topological polar surface area (TPSA) is 52.0 Å². The summed E-state index contributed by atoms with van der Waals surface area (Å²) in [7, 11) is -2.94. The van der Waals surface area contributed by atoms with E-state index in [1.165, 1.54) is 5.56 Å². The lowest BCUT2D eigenvalue weighted by molar-refractivity contribution is 0.582.